The summed E-state index contributed by atoms with van der Waals surface area (Å²) in [5.74, 6) is -0.823. The van der Waals surface area contributed by atoms with Gasteiger partial charge in [0.1, 0.15) is 5.82 Å². The van der Waals surface area contributed by atoms with Crippen molar-refractivity contribution in [1.29, 1.82) is 0 Å². The van der Waals surface area contributed by atoms with E-state index in [1.54, 1.807) is 19.1 Å². The number of hydrogen-bond donors (Lipinski definition) is 0. The average Bonchev–Trinajstić information content (AvgIpc) is 3.18. The summed E-state index contributed by atoms with van der Waals surface area (Å²) < 4.78 is 24.9. The second-order valence-electron chi connectivity index (χ2n) is 4.49. The third kappa shape index (κ3) is 2.83. The predicted octanol–water partition coefficient (Wildman–Crippen LogP) is 3.50. The van der Waals surface area contributed by atoms with Crippen molar-refractivity contribution >= 4 is 17.6 Å². The lowest BCUT2D eigenvalue weighted by molar-refractivity contribution is 0.0516. The van der Waals surface area contributed by atoms with Gasteiger partial charge < -0.3 is 9.15 Å². The Balaban J connectivity index is 2.17. The highest BCUT2D eigenvalue weighted by Gasteiger charge is 2.25. The van der Waals surface area contributed by atoms with Crippen LogP contribution in [0, 0.1) is 5.82 Å². The van der Waals surface area contributed by atoms with E-state index in [2.05, 4.69) is 10.3 Å². The lowest BCUT2D eigenvalue weighted by Gasteiger charge is -2.07. The van der Waals surface area contributed by atoms with Crippen molar-refractivity contribution in [1.82, 2.24) is 15.0 Å². The Morgan fingerprint density at radius 2 is 2.26 bits per heavy atom. The smallest absolute Gasteiger partial charge is 0.359 e. The van der Waals surface area contributed by atoms with Crippen LogP contribution in [0.2, 0.25) is 5.02 Å². The molecule has 0 spiro atoms. The minimum absolute atomic E-state index is 0.0736. The molecule has 23 heavy (non-hydrogen) atoms. The number of carbonyl (C=O) groups excluding carboxylic acids is 1. The van der Waals surface area contributed by atoms with E-state index in [0.29, 0.717) is 11.4 Å². The van der Waals surface area contributed by atoms with Crippen LogP contribution < -0.4 is 0 Å². The fourth-order valence-electron chi connectivity index (χ4n) is 2.04. The second kappa shape index (κ2) is 6.21. The number of hydrogen-bond acceptors (Lipinski definition) is 5. The maximum atomic E-state index is 13.3. The fraction of sp³-hybridized carbons (Fsp3) is 0.133. The first-order valence-corrected chi connectivity index (χ1v) is 7.11. The standard InChI is InChI=1S/C15H11ClFN3O3/c1-2-22-15(21)14-13(12-4-3-7-23-12)18-19-20(14)9-5-6-11(17)10(16)8-9/h3-8H,2H2,1H3. The van der Waals surface area contributed by atoms with Crippen molar-refractivity contribution in [3.05, 3.63) is 53.1 Å². The molecule has 0 aliphatic rings. The number of ether oxygens (including phenoxy) is 1. The molecule has 3 rings (SSSR count). The van der Waals surface area contributed by atoms with Gasteiger partial charge in [0, 0.05) is 0 Å². The van der Waals surface area contributed by atoms with E-state index in [1.807, 2.05) is 0 Å². The van der Waals surface area contributed by atoms with E-state index in [1.165, 1.54) is 29.1 Å². The van der Waals surface area contributed by atoms with Crippen molar-refractivity contribution in [2.24, 2.45) is 0 Å². The van der Waals surface area contributed by atoms with Crippen LogP contribution in [0.3, 0.4) is 0 Å². The highest BCUT2D eigenvalue weighted by Crippen LogP contribution is 2.26. The Morgan fingerprint density at radius 1 is 1.43 bits per heavy atom. The molecule has 2 aromatic heterocycles. The van der Waals surface area contributed by atoms with Gasteiger partial charge in [-0.2, -0.15) is 0 Å². The van der Waals surface area contributed by atoms with Crippen LogP contribution in [-0.2, 0) is 4.74 Å². The maximum absolute atomic E-state index is 13.3. The maximum Gasteiger partial charge on any atom is 0.359 e. The summed E-state index contributed by atoms with van der Waals surface area (Å²) in [7, 11) is 0. The number of benzene rings is 1. The summed E-state index contributed by atoms with van der Waals surface area (Å²) in [6.07, 6.45) is 1.46. The van der Waals surface area contributed by atoms with Crippen LogP contribution in [0.5, 0.6) is 0 Å². The number of furan rings is 1. The van der Waals surface area contributed by atoms with E-state index in [9.17, 15) is 9.18 Å². The second-order valence-corrected chi connectivity index (χ2v) is 4.90. The van der Waals surface area contributed by atoms with Gasteiger partial charge in [0.2, 0.25) is 0 Å². The van der Waals surface area contributed by atoms with Gasteiger partial charge in [0.05, 0.1) is 23.6 Å². The molecule has 0 unspecified atom stereocenters. The Kier molecular flexibility index (Phi) is 4.12. The molecular formula is C15H11ClFN3O3. The van der Waals surface area contributed by atoms with Crippen molar-refractivity contribution < 1.29 is 18.3 Å². The molecule has 0 radical (unpaired) electrons. The molecule has 0 bridgehead atoms. The summed E-state index contributed by atoms with van der Waals surface area (Å²) in [6, 6.07) is 7.28. The largest absolute Gasteiger partial charge is 0.463 e. The molecule has 0 saturated carbocycles. The minimum Gasteiger partial charge on any atom is -0.463 e. The number of nitrogens with zero attached hydrogens (tertiary/aromatic N) is 3. The van der Waals surface area contributed by atoms with Crippen molar-refractivity contribution in [3.8, 4) is 17.1 Å². The molecule has 118 valence electrons. The normalized spacial score (nSPS) is 10.7. The fourth-order valence-corrected chi connectivity index (χ4v) is 2.22. The van der Waals surface area contributed by atoms with Gasteiger partial charge in [-0.15, -0.1) is 5.10 Å². The van der Waals surface area contributed by atoms with Gasteiger partial charge >= 0.3 is 5.97 Å². The highest BCUT2D eigenvalue weighted by molar-refractivity contribution is 6.30. The topological polar surface area (TPSA) is 70.2 Å². The third-order valence-electron chi connectivity index (χ3n) is 3.04. The molecule has 0 amide bonds. The zero-order valence-electron chi connectivity index (χ0n) is 12.0. The Morgan fingerprint density at radius 3 is 2.91 bits per heavy atom. The van der Waals surface area contributed by atoms with Crippen molar-refractivity contribution in [2.45, 2.75) is 6.92 Å². The lowest BCUT2D eigenvalue weighted by atomic mass is 10.2. The zero-order valence-corrected chi connectivity index (χ0v) is 12.7. The van der Waals surface area contributed by atoms with Crippen LogP contribution in [0.4, 0.5) is 4.39 Å². The Hall–Kier alpha value is -2.67. The van der Waals surface area contributed by atoms with Gasteiger partial charge in [-0.3, -0.25) is 0 Å². The molecular weight excluding hydrogens is 325 g/mol. The number of halogens is 2. The molecule has 1 aromatic carbocycles. The molecule has 0 saturated heterocycles. The number of rotatable bonds is 4. The summed E-state index contributed by atoms with van der Waals surface area (Å²) in [5, 5.41) is 7.82. The number of esters is 1. The minimum atomic E-state index is -0.621. The third-order valence-corrected chi connectivity index (χ3v) is 3.33. The lowest BCUT2D eigenvalue weighted by Crippen LogP contribution is -2.13. The van der Waals surface area contributed by atoms with Crippen molar-refractivity contribution in [2.75, 3.05) is 6.61 Å². The van der Waals surface area contributed by atoms with Gasteiger partial charge in [-0.05, 0) is 37.3 Å². The first-order chi connectivity index (χ1) is 11.1. The molecule has 6 nitrogen and oxygen atoms in total. The summed E-state index contributed by atoms with van der Waals surface area (Å²) in [5.41, 5.74) is 0.683. The van der Waals surface area contributed by atoms with Crippen LogP contribution in [-0.4, -0.2) is 27.6 Å². The molecule has 0 atom stereocenters. The first-order valence-electron chi connectivity index (χ1n) is 6.74. The number of aromatic nitrogens is 3. The van der Waals surface area contributed by atoms with E-state index in [4.69, 9.17) is 20.8 Å². The molecule has 3 aromatic rings. The quantitative estimate of drug-likeness (QED) is 0.682. The SMILES string of the molecule is CCOC(=O)c1c(-c2ccco2)nnn1-c1ccc(F)c(Cl)c1. The van der Waals surface area contributed by atoms with Gasteiger partial charge in [0.25, 0.3) is 0 Å². The van der Waals surface area contributed by atoms with Gasteiger partial charge in [-0.1, -0.05) is 16.8 Å². The Labute approximate surface area is 135 Å². The van der Waals surface area contributed by atoms with Crippen LogP contribution >= 0.6 is 11.6 Å². The molecule has 0 aliphatic heterocycles. The zero-order chi connectivity index (χ0) is 16.4. The summed E-state index contributed by atoms with van der Waals surface area (Å²) in [6.45, 7) is 1.87. The molecule has 8 heteroatoms. The van der Waals surface area contributed by atoms with E-state index in [-0.39, 0.29) is 23.0 Å². The predicted molar refractivity (Wildman–Crippen MR) is 80.0 cm³/mol. The van der Waals surface area contributed by atoms with Gasteiger partial charge in [-0.25, -0.2) is 13.9 Å². The van der Waals surface area contributed by atoms with Gasteiger partial charge in [0.15, 0.2) is 17.1 Å². The summed E-state index contributed by atoms with van der Waals surface area (Å²) in [4.78, 5) is 12.3. The molecule has 2 heterocycles. The van der Waals surface area contributed by atoms with Crippen LogP contribution in [0.1, 0.15) is 17.4 Å². The highest BCUT2D eigenvalue weighted by atomic mass is 35.5. The molecule has 0 N–H and O–H groups in total. The molecule has 0 aliphatic carbocycles. The monoisotopic (exact) mass is 335 g/mol. The van der Waals surface area contributed by atoms with Crippen LogP contribution in [0.25, 0.3) is 17.1 Å². The average molecular weight is 336 g/mol. The van der Waals surface area contributed by atoms with Crippen molar-refractivity contribution in [3.63, 3.8) is 0 Å². The van der Waals surface area contributed by atoms with Crippen LogP contribution in [0.15, 0.2) is 41.0 Å². The van der Waals surface area contributed by atoms with E-state index in [0.717, 1.165) is 0 Å². The first kappa shape index (κ1) is 15.2. The van der Waals surface area contributed by atoms with E-state index >= 15 is 0 Å². The summed E-state index contributed by atoms with van der Waals surface area (Å²) >= 11 is 5.79. The van der Waals surface area contributed by atoms with E-state index < -0.39 is 11.8 Å². The molecule has 0 fully saturated rings. The number of carbonyl (C=O) groups is 1. The Bertz CT molecular complexity index is 846.